The third kappa shape index (κ3) is 3.83. The van der Waals surface area contributed by atoms with Gasteiger partial charge in [0, 0.05) is 16.9 Å². The Morgan fingerprint density at radius 2 is 2.50 bits per heavy atom. The predicted molar refractivity (Wildman–Crippen MR) is 60.4 cm³/mol. The molecule has 68 valence electrons. The lowest BCUT2D eigenvalue weighted by molar-refractivity contribution is 0.912. The second kappa shape index (κ2) is 5.90. The molecule has 0 aromatic carbocycles. The van der Waals surface area contributed by atoms with Gasteiger partial charge in [-0.2, -0.15) is 23.1 Å². The van der Waals surface area contributed by atoms with Crippen LogP contribution >= 0.6 is 34.7 Å². The summed E-state index contributed by atoms with van der Waals surface area (Å²) in [7, 11) is 0. The van der Waals surface area contributed by atoms with Crippen LogP contribution in [0.2, 0.25) is 0 Å². The van der Waals surface area contributed by atoms with E-state index >= 15 is 0 Å². The van der Waals surface area contributed by atoms with Crippen LogP contribution in [-0.4, -0.2) is 11.1 Å². The second-order valence-electron chi connectivity index (χ2n) is 2.73. The molecule has 0 nitrogen and oxygen atoms in total. The molecule has 0 N–H and O–H groups in total. The lowest BCUT2D eigenvalue weighted by Gasteiger charge is -2.07. The van der Waals surface area contributed by atoms with E-state index in [1.807, 2.05) is 11.8 Å². The smallest absolute Gasteiger partial charge is 0.0233 e. The Bertz CT molecular complexity index is 196. The van der Waals surface area contributed by atoms with Crippen LogP contribution in [-0.2, 0) is 5.75 Å². The van der Waals surface area contributed by atoms with Crippen molar-refractivity contribution in [2.24, 2.45) is 0 Å². The Hall–Kier alpha value is 0.340. The Morgan fingerprint density at radius 3 is 3.08 bits per heavy atom. The maximum atomic E-state index is 5.65. The summed E-state index contributed by atoms with van der Waals surface area (Å²) < 4.78 is 0. The molecule has 3 heteroatoms. The minimum Gasteiger partial charge on any atom is -0.154 e. The van der Waals surface area contributed by atoms with Crippen molar-refractivity contribution >= 4 is 34.7 Å². The first kappa shape index (κ1) is 10.4. The van der Waals surface area contributed by atoms with Crippen molar-refractivity contribution in [3.8, 4) is 0 Å². The zero-order valence-corrected chi connectivity index (χ0v) is 9.51. The molecule has 0 bridgehead atoms. The third-order valence-corrected chi connectivity index (χ3v) is 3.89. The number of rotatable bonds is 5. The van der Waals surface area contributed by atoms with Crippen molar-refractivity contribution in [2.45, 2.75) is 24.3 Å². The fourth-order valence-corrected chi connectivity index (χ4v) is 3.02. The van der Waals surface area contributed by atoms with Gasteiger partial charge in [0.15, 0.2) is 0 Å². The molecule has 1 atom stereocenters. The van der Waals surface area contributed by atoms with Crippen LogP contribution in [0, 0.1) is 0 Å². The van der Waals surface area contributed by atoms with Gasteiger partial charge in [-0.25, -0.2) is 0 Å². The Labute approximate surface area is 87.3 Å². The number of hydrogen-bond acceptors (Lipinski definition) is 2. The third-order valence-electron chi connectivity index (χ3n) is 1.63. The van der Waals surface area contributed by atoms with E-state index in [1.54, 1.807) is 11.3 Å². The number of halogens is 1. The van der Waals surface area contributed by atoms with Gasteiger partial charge in [-0.05, 0) is 28.8 Å². The number of alkyl halides is 1. The minimum absolute atomic E-state index is 0.683. The normalized spacial score (nSPS) is 13.2. The monoisotopic (exact) mass is 220 g/mol. The topological polar surface area (TPSA) is 0 Å². The Morgan fingerprint density at radius 1 is 1.67 bits per heavy atom. The molecular formula is C9H13ClS2. The average Bonchev–Trinajstić information content (AvgIpc) is 2.53. The maximum Gasteiger partial charge on any atom is 0.0233 e. The van der Waals surface area contributed by atoms with Crippen LogP contribution in [0.25, 0.3) is 0 Å². The molecule has 1 aromatic heterocycles. The van der Waals surface area contributed by atoms with Gasteiger partial charge in [0.25, 0.3) is 0 Å². The van der Waals surface area contributed by atoms with E-state index in [9.17, 15) is 0 Å². The summed E-state index contributed by atoms with van der Waals surface area (Å²) in [6.45, 7) is 2.24. The highest BCUT2D eigenvalue weighted by molar-refractivity contribution is 7.99. The molecule has 12 heavy (non-hydrogen) atoms. The van der Waals surface area contributed by atoms with Crippen molar-refractivity contribution in [3.63, 3.8) is 0 Å². The first-order valence-corrected chi connectivity index (χ1v) is 6.54. The highest BCUT2D eigenvalue weighted by Crippen LogP contribution is 2.21. The molecule has 0 aliphatic carbocycles. The summed E-state index contributed by atoms with van der Waals surface area (Å²) in [5.41, 5.74) is 1.44. The highest BCUT2D eigenvalue weighted by Gasteiger charge is 2.01. The molecule has 0 amide bonds. The first-order chi connectivity index (χ1) is 5.83. The quantitative estimate of drug-likeness (QED) is 0.676. The molecule has 0 saturated heterocycles. The predicted octanol–water partition coefficient (Wildman–Crippen LogP) is 4.00. The van der Waals surface area contributed by atoms with Crippen molar-refractivity contribution in [3.05, 3.63) is 22.4 Å². The molecule has 1 aromatic rings. The summed E-state index contributed by atoms with van der Waals surface area (Å²) in [5.74, 6) is 1.90. The van der Waals surface area contributed by atoms with Crippen LogP contribution in [0.1, 0.15) is 18.9 Å². The lowest BCUT2D eigenvalue weighted by Crippen LogP contribution is -1.96. The molecule has 0 aliphatic rings. The molecule has 0 fully saturated rings. The highest BCUT2D eigenvalue weighted by atomic mass is 35.5. The summed E-state index contributed by atoms with van der Waals surface area (Å²) in [6, 6.07) is 2.19. The molecule has 0 spiro atoms. The van der Waals surface area contributed by atoms with Gasteiger partial charge < -0.3 is 0 Å². The van der Waals surface area contributed by atoms with Gasteiger partial charge in [0.1, 0.15) is 0 Å². The van der Waals surface area contributed by atoms with Gasteiger partial charge in [0.2, 0.25) is 0 Å². The first-order valence-electron chi connectivity index (χ1n) is 4.01. The molecule has 0 saturated carbocycles. The van der Waals surface area contributed by atoms with Gasteiger partial charge in [-0.15, -0.1) is 11.6 Å². The number of thioether (sulfide) groups is 1. The summed E-state index contributed by atoms with van der Waals surface area (Å²) >= 11 is 9.39. The minimum atomic E-state index is 0.683. The summed E-state index contributed by atoms with van der Waals surface area (Å²) in [6.07, 6.45) is 1.11. The van der Waals surface area contributed by atoms with Crippen molar-refractivity contribution in [2.75, 3.05) is 5.88 Å². The van der Waals surface area contributed by atoms with Crippen LogP contribution in [0.3, 0.4) is 0 Å². The molecular weight excluding hydrogens is 208 g/mol. The second-order valence-corrected chi connectivity index (χ2v) is 5.32. The van der Waals surface area contributed by atoms with E-state index < -0.39 is 0 Å². The zero-order chi connectivity index (χ0) is 8.81. The Kier molecular flexibility index (Phi) is 5.12. The van der Waals surface area contributed by atoms with E-state index in [2.05, 4.69) is 23.8 Å². The van der Waals surface area contributed by atoms with Crippen molar-refractivity contribution in [1.82, 2.24) is 0 Å². The molecule has 0 aliphatic heterocycles. The molecule has 1 heterocycles. The Balaban J connectivity index is 2.17. The van der Waals surface area contributed by atoms with Crippen molar-refractivity contribution in [1.29, 1.82) is 0 Å². The fourth-order valence-electron chi connectivity index (χ4n) is 0.850. The fraction of sp³-hybridized carbons (Fsp3) is 0.556. The largest absolute Gasteiger partial charge is 0.154 e. The van der Waals surface area contributed by atoms with E-state index in [1.165, 1.54) is 5.56 Å². The average molecular weight is 221 g/mol. The zero-order valence-electron chi connectivity index (χ0n) is 7.13. The van der Waals surface area contributed by atoms with Gasteiger partial charge in [-0.1, -0.05) is 6.92 Å². The van der Waals surface area contributed by atoms with Crippen molar-refractivity contribution < 1.29 is 0 Å². The van der Waals surface area contributed by atoms with Gasteiger partial charge >= 0.3 is 0 Å². The van der Waals surface area contributed by atoms with E-state index in [0.717, 1.165) is 18.1 Å². The van der Waals surface area contributed by atoms with E-state index in [-0.39, 0.29) is 0 Å². The molecule has 1 rings (SSSR count). The van der Waals surface area contributed by atoms with Gasteiger partial charge in [-0.3, -0.25) is 0 Å². The standard InChI is InChI=1S/C9H13ClS2/c1-8(2-4-10)12-7-9-3-5-11-6-9/h3,5-6,8H,2,4,7H2,1H3. The van der Waals surface area contributed by atoms with Crippen LogP contribution in [0.4, 0.5) is 0 Å². The molecule has 0 radical (unpaired) electrons. The van der Waals surface area contributed by atoms with E-state index in [4.69, 9.17) is 11.6 Å². The van der Waals surface area contributed by atoms with Gasteiger partial charge in [0.05, 0.1) is 0 Å². The maximum absolute atomic E-state index is 5.65. The van der Waals surface area contributed by atoms with Crippen LogP contribution in [0.5, 0.6) is 0 Å². The number of thiophene rings is 1. The number of hydrogen-bond donors (Lipinski definition) is 0. The summed E-state index contributed by atoms with van der Waals surface area (Å²) in [5, 5.41) is 5.02. The van der Waals surface area contributed by atoms with E-state index in [0.29, 0.717) is 5.25 Å². The van der Waals surface area contributed by atoms with Crippen LogP contribution < -0.4 is 0 Å². The summed E-state index contributed by atoms with van der Waals surface area (Å²) in [4.78, 5) is 0. The molecule has 1 unspecified atom stereocenters. The van der Waals surface area contributed by atoms with Crippen LogP contribution in [0.15, 0.2) is 16.8 Å². The SMILES string of the molecule is CC(CCCl)SCc1ccsc1. The lowest BCUT2D eigenvalue weighted by atomic mass is 10.4.